The predicted octanol–water partition coefficient (Wildman–Crippen LogP) is 1.53. The van der Waals surface area contributed by atoms with Crippen LogP contribution in [0.25, 0.3) is 0 Å². The number of nitriles is 1. The summed E-state index contributed by atoms with van der Waals surface area (Å²) >= 11 is 1.63. The number of thiophene rings is 1. The second kappa shape index (κ2) is 5.00. The molecule has 1 atom stereocenters. The number of furan rings is 1. The number of nitrogens with zero attached hydrogens (tertiary/aromatic N) is 2. The topological polar surface area (TPSA) is 53.7 Å². The van der Waals surface area contributed by atoms with Crippen LogP contribution in [0.2, 0.25) is 0 Å². The van der Waals surface area contributed by atoms with Gasteiger partial charge in [-0.25, -0.2) is 4.99 Å². The van der Waals surface area contributed by atoms with E-state index in [0.717, 1.165) is 30.1 Å². The maximum Gasteiger partial charge on any atom is 0.144 e. The smallest absolute Gasteiger partial charge is 0.144 e. The highest BCUT2D eigenvalue weighted by atomic mass is 32.1. The monoisotopic (exact) mass is 272 g/mol. The SMILES string of the molecule is C[NH+]1CCc2c(sc(N=Cc3ccco3)c2C#N)C1. The largest absolute Gasteiger partial charge is 0.463 e. The second-order valence-corrected chi connectivity index (χ2v) is 5.79. The van der Waals surface area contributed by atoms with Gasteiger partial charge in [0.25, 0.3) is 0 Å². The average molecular weight is 272 g/mol. The summed E-state index contributed by atoms with van der Waals surface area (Å²) in [5, 5.41) is 10.1. The van der Waals surface area contributed by atoms with Crippen LogP contribution in [0.5, 0.6) is 0 Å². The van der Waals surface area contributed by atoms with Crippen LogP contribution in [0, 0.1) is 11.3 Å². The van der Waals surface area contributed by atoms with E-state index in [1.807, 2.05) is 12.1 Å². The summed E-state index contributed by atoms with van der Waals surface area (Å²) in [4.78, 5) is 7.20. The Morgan fingerprint density at radius 2 is 2.47 bits per heavy atom. The number of aliphatic imine (C=N–C) groups is 1. The summed E-state index contributed by atoms with van der Waals surface area (Å²) in [6.45, 7) is 2.07. The summed E-state index contributed by atoms with van der Waals surface area (Å²) in [6.07, 6.45) is 4.26. The van der Waals surface area contributed by atoms with E-state index in [4.69, 9.17) is 4.42 Å². The lowest BCUT2D eigenvalue weighted by molar-refractivity contribution is -0.895. The number of hydrogen-bond acceptors (Lipinski definition) is 4. The maximum atomic E-state index is 9.34. The molecule has 0 amide bonds. The molecule has 4 nitrogen and oxygen atoms in total. The van der Waals surface area contributed by atoms with Gasteiger partial charge in [-0.15, -0.1) is 11.3 Å². The molecule has 96 valence electrons. The molecule has 19 heavy (non-hydrogen) atoms. The van der Waals surface area contributed by atoms with Crippen LogP contribution in [0.1, 0.15) is 21.8 Å². The maximum absolute atomic E-state index is 9.34. The van der Waals surface area contributed by atoms with Gasteiger partial charge in [0.05, 0.1) is 36.5 Å². The van der Waals surface area contributed by atoms with E-state index in [1.54, 1.807) is 23.8 Å². The summed E-state index contributed by atoms with van der Waals surface area (Å²) in [6, 6.07) is 5.98. The second-order valence-electron chi connectivity index (χ2n) is 4.70. The highest BCUT2D eigenvalue weighted by molar-refractivity contribution is 7.16. The standard InChI is InChI=1S/C14H13N3OS/c1-17-5-4-11-12(7-15)14(19-13(11)9-17)16-8-10-3-2-6-18-10/h2-3,6,8H,4-5,9H2,1H3/p+1. The molecule has 1 unspecified atom stereocenters. The van der Waals surface area contributed by atoms with E-state index < -0.39 is 0 Å². The van der Waals surface area contributed by atoms with E-state index in [2.05, 4.69) is 18.1 Å². The van der Waals surface area contributed by atoms with Gasteiger partial charge in [0.1, 0.15) is 23.4 Å². The van der Waals surface area contributed by atoms with Crippen LogP contribution >= 0.6 is 11.3 Å². The zero-order chi connectivity index (χ0) is 13.2. The number of fused-ring (bicyclic) bond motifs is 1. The van der Waals surface area contributed by atoms with Crippen molar-refractivity contribution >= 4 is 22.6 Å². The first-order valence-electron chi connectivity index (χ1n) is 6.21. The number of likely N-dealkylation sites (N-methyl/N-ethyl adjacent to an activating group) is 1. The van der Waals surface area contributed by atoms with Crippen molar-refractivity contribution in [1.29, 1.82) is 5.26 Å². The summed E-state index contributed by atoms with van der Waals surface area (Å²) in [5.74, 6) is 0.706. The average Bonchev–Trinajstić information content (AvgIpc) is 3.02. The highest BCUT2D eigenvalue weighted by Crippen LogP contribution is 2.36. The molecule has 0 saturated heterocycles. The zero-order valence-corrected chi connectivity index (χ0v) is 11.5. The molecule has 3 rings (SSSR count). The molecule has 0 saturated carbocycles. The van der Waals surface area contributed by atoms with Crippen LogP contribution < -0.4 is 4.90 Å². The highest BCUT2D eigenvalue weighted by Gasteiger charge is 2.24. The van der Waals surface area contributed by atoms with Crippen LogP contribution in [0.15, 0.2) is 27.8 Å². The predicted molar refractivity (Wildman–Crippen MR) is 74.2 cm³/mol. The minimum absolute atomic E-state index is 0.706. The van der Waals surface area contributed by atoms with Gasteiger partial charge < -0.3 is 9.32 Å². The molecule has 0 radical (unpaired) electrons. The Labute approximate surface area is 115 Å². The van der Waals surface area contributed by atoms with Crippen LogP contribution in [0.4, 0.5) is 5.00 Å². The number of hydrogen-bond donors (Lipinski definition) is 1. The van der Waals surface area contributed by atoms with Gasteiger partial charge in [0, 0.05) is 6.42 Å². The molecule has 3 heterocycles. The number of quaternary nitrogens is 1. The van der Waals surface area contributed by atoms with Gasteiger partial charge in [-0.2, -0.15) is 5.26 Å². The van der Waals surface area contributed by atoms with E-state index in [-0.39, 0.29) is 0 Å². The van der Waals surface area contributed by atoms with Crippen LogP contribution in [0.3, 0.4) is 0 Å². The third-order valence-corrected chi connectivity index (χ3v) is 4.44. The zero-order valence-electron chi connectivity index (χ0n) is 10.6. The number of nitrogens with one attached hydrogen (secondary N) is 1. The quantitative estimate of drug-likeness (QED) is 0.843. The Kier molecular flexibility index (Phi) is 3.20. The Bertz CT molecular complexity index is 649. The lowest BCUT2D eigenvalue weighted by atomic mass is 10.0. The minimum atomic E-state index is 0.706. The van der Waals surface area contributed by atoms with E-state index in [9.17, 15) is 5.26 Å². The van der Waals surface area contributed by atoms with Crippen LogP contribution in [-0.2, 0) is 13.0 Å². The fourth-order valence-corrected chi connectivity index (χ4v) is 3.55. The van der Waals surface area contributed by atoms with Gasteiger partial charge in [0.15, 0.2) is 0 Å². The summed E-state index contributed by atoms with van der Waals surface area (Å²) in [5.41, 5.74) is 1.94. The first kappa shape index (κ1) is 12.2. The van der Waals surface area contributed by atoms with Gasteiger partial charge in [0.2, 0.25) is 0 Å². The molecule has 5 heteroatoms. The molecule has 0 spiro atoms. The Morgan fingerprint density at radius 3 is 3.21 bits per heavy atom. The third kappa shape index (κ3) is 2.33. The van der Waals surface area contributed by atoms with E-state index >= 15 is 0 Å². The molecule has 1 N–H and O–H groups in total. The van der Waals surface area contributed by atoms with Crippen molar-refractivity contribution in [3.63, 3.8) is 0 Å². The molecule has 0 aliphatic carbocycles. The third-order valence-electron chi connectivity index (χ3n) is 3.30. The molecular formula is C14H14N3OS+. The fourth-order valence-electron chi connectivity index (χ4n) is 2.30. The first-order chi connectivity index (χ1) is 9.28. The Balaban J connectivity index is 1.96. The van der Waals surface area contributed by atoms with Crippen molar-refractivity contribution in [1.82, 2.24) is 0 Å². The Morgan fingerprint density at radius 1 is 1.58 bits per heavy atom. The van der Waals surface area contributed by atoms with Crippen LogP contribution in [-0.4, -0.2) is 19.8 Å². The van der Waals surface area contributed by atoms with Crippen molar-refractivity contribution < 1.29 is 9.32 Å². The first-order valence-corrected chi connectivity index (χ1v) is 7.03. The molecule has 2 aromatic rings. The normalized spacial score (nSPS) is 18.4. The molecule has 0 aromatic carbocycles. The molecule has 2 aromatic heterocycles. The minimum Gasteiger partial charge on any atom is -0.463 e. The molecule has 0 bridgehead atoms. The van der Waals surface area contributed by atoms with Gasteiger partial charge in [-0.05, 0) is 17.7 Å². The van der Waals surface area contributed by atoms with Crippen molar-refractivity contribution in [2.24, 2.45) is 4.99 Å². The summed E-state index contributed by atoms with van der Waals surface area (Å²) in [7, 11) is 2.18. The Hall–Kier alpha value is -1.90. The van der Waals surface area contributed by atoms with Crippen molar-refractivity contribution in [3.8, 4) is 6.07 Å². The van der Waals surface area contributed by atoms with E-state index in [0.29, 0.717) is 5.76 Å². The van der Waals surface area contributed by atoms with Gasteiger partial charge in [-0.1, -0.05) is 0 Å². The van der Waals surface area contributed by atoms with Gasteiger partial charge >= 0.3 is 0 Å². The molecule has 1 aliphatic rings. The number of rotatable bonds is 2. The van der Waals surface area contributed by atoms with Crippen molar-refractivity contribution in [3.05, 3.63) is 40.2 Å². The van der Waals surface area contributed by atoms with Crippen molar-refractivity contribution in [2.75, 3.05) is 13.6 Å². The molecule has 0 fully saturated rings. The fraction of sp³-hybridized carbons (Fsp3) is 0.286. The van der Waals surface area contributed by atoms with Gasteiger partial charge in [-0.3, -0.25) is 0 Å². The van der Waals surface area contributed by atoms with E-state index in [1.165, 1.54) is 15.3 Å². The molecule has 1 aliphatic heterocycles. The lowest BCUT2D eigenvalue weighted by Crippen LogP contribution is -3.08. The van der Waals surface area contributed by atoms with Crippen molar-refractivity contribution in [2.45, 2.75) is 13.0 Å². The lowest BCUT2D eigenvalue weighted by Gasteiger charge is -2.18. The molecular weight excluding hydrogens is 258 g/mol. The summed E-state index contributed by atoms with van der Waals surface area (Å²) < 4.78 is 5.22.